The fraction of sp³-hybridized carbons (Fsp3) is 0.176. The van der Waals surface area contributed by atoms with E-state index >= 15 is 0 Å². The molecule has 0 fully saturated rings. The molecule has 20 heavy (non-hydrogen) atoms. The molecule has 0 amide bonds. The molecule has 1 aliphatic rings. The Bertz CT molecular complexity index is 585. The van der Waals surface area contributed by atoms with Crippen LogP contribution in [-0.4, -0.2) is 11.2 Å². The van der Waals surface area contributed by atoms with E-state index in [0.717, 1.165) is 33.5 Å². The second-order valence-electron chi connectivity index (χ2n) is 4.49. The van der Waals surface area contributed by atoms with Gasteiger partial charge in [-0.2, -0.15) is 0 Å². The fourth-order valence-electron chi connectivity index (χ4n) is 2.35. The summed E-state index contributed by atoms with van der Waals surface area (Å²) in [5, 5.41) is 0. The van der Waals surface area contributed by atoms with Gasteiger partial charge in [0.1, 0.15) is 11.5 Å². The number of halogens is 1. The molecule has 0 saturated heterocycles. The minimum absolute atomic E-state index is 0.244. The Morgan fingerprint density at radius 2 is 1.45 bits per heavy atom. The summed E-state index contributed by atoms with van der Waals surface area (Å²) in [5.41, 5.74) is 3.45. The Balaban J connectivity index is 2.18. The van der Waals surface area contributed by atoms with Crippen molar-refractivity contribution < 1.29 is 9.47 Å². The molecule has 0 saturated carbocycles. The van der Waals surface area contributed by atoms with Crippen LogP contribution in [0.2, 0.25) is 0 Å². The minimum atomic E-state index is 0.244. The number of fused-ring (bicyclic) bond motifs is 2. The predicted molar refractivity (Wildman–Crippen MR) is 89.6 cm³/mol. The summed E-state index contributed by atoms with van der Waals surface area (Å²) in [6.45, 7) is 0.244. The molecule has 0 bridgehead atoms. The molecule has 2 aromatic rings. The third-order valence-corrected chi connectivity index (χ3v) is 3.86. The molecule has 1 heterocycles. The van der Waals surface area contributed by atoms with Crippen molar-refractivity contribution in [2.24, 2.45) is 0 Å². The van der Waals surface area contributed by atoms with E-state index in [1.54, 1.807) is 0 Å². The van der Waals surface area contributed by atoms with Crippen molar-refractivity contribution in [1.29, 1.82) is 0 Å². The van der Waals surface area contributed by atoms with Crippen LogP contribution < -0.4 is 9.47 Å². The zero-order chi connectivity index (χ0) is 13.8. The normalized spacial score (nSPS) is 13.2. The molecule has 2 aromatic carbocycles. The van der Waals surface area contributed by atoms with Gasteiger partial charge in [-0.05, 0) is 24.1 Å². The number of rotatable bonds is 2. The van der Waals surface area contributed by atoms with E-state index in [2.05, 4.69) is 40.8 Å². The Morgan fingerprint density at radius 1 is 0.900 bits per heavy atom. The van der Waals surface area contributed by atoms with Crippen molar-refractivity contribution in [2.75, 3.05) is 11.2 Å². The maximum Gasteiger partial charge on any atom is 0.230 e. The van der Waals surface area contributed by atoms with E-state index in [-0.39, 0.29) is 6.79 Å². The molecule has 1 aliphatic heterocycles. The number of hydrogen-bond donors (Lipinski definition) is 0. The van der Waals surface area contributed by atoms with E-state index in [9.17, 15) is 0 Å². The highest BCUT2D eigenvalue weighted by atomic mass is 127. The molecular weight excluding hydrogens is 363 g/mol. The van der Waals surface area contributed by atoms with Gasteiger partial charge in [0, 0.05) is 15.6 Å². The van der Waals surface area contributed by atoms with E-state index in [1.807, 2.05) is 36.4 Å². The van der Waals surface area contributed by atoms with E-state index < -0.39 is 0 Å². The van der Waals surface area contributed by atoms with Crippen molar-refractivity contribution >= 4 is 28.2 Å². The maximum atomic E-state index is 5.73. The first-order valence-electron chi connectivity index (χ1n) is 6.60. The molecule has 0 N–H and O–H groups in total. The van der Waals surface area contributed by atoms with Crippen LogP contribution in [0.1, 0.15) is 17.5 Å². The van der Waals surface area contributed by atoms with Gasteiger partial charge in [-0.25, -0.2) is 0 Å². The summed E-state index contributed by atoms with van der Waals surface area (Å²) in [4.78, 5) is 0. The highest BCUT2D eigenvalue weighted by Gasteiger charge is 2.17. The number of allylic oxidation sites excluding steroid dienone is 1. The van der Waals surface area contributed by atoms with Crippen molar-refractivity contribution in [3.05, 3.63) is 65.7 Å². The SMILES string of the molecule is ICCC=C1c2ccccc2OCOc2ccccc21. The Kier molecular flexibility index (Phi) is 4.25. The lowest BCUT2D eigenvalue weighted by molar-refractivity contribution is 0.118. The summed E-state index contributed by atoms with van der Waals surface area (Å²) >= 11 is 2.39. The first-order valence-corrected chi connectivity index (χ1v) is 8.13. The van der Waals surface area contributed by atoms with Crippen molar-refractivity contribution in [3.8, 4) is 11.5 Å². The monoisotopic (exact) mass is 378 g/mol. The van der Waals surface area contributed by atoms with Gasteiger partial charge in [-0.1, -0.05) is 65.1 Å². The van der Waals surface area contributed by atoms with Gasteiger partial charge >= 0.3 is 0 Å². The number of ether oxygens (including phenoxy) is 2. The molecule has 2 nitrogen and oxygen atoms in total. The number of benzene rings is 2. The molecule has 0 unspecified atom stereocenters. The van der Waals surface area contributed by atoms with Crippen LogP contribution in [0.5, 0.6) is 11.5 Å². The molecule has 0 atom stereocenters. The average molecular weight is 378 g/mol. The number of hydrogen-bond acceptors (Lipinski definition) is 2. The standard InChI is InChI=1S/C17H15IO2/c18-11-5-8-13-14-6-1-3-9-16(14)19-12-20-17-10-4-2-7-15(13)17/h1-4,6-10H,5,11-12H2. The molecular formula is C17H15IO2. The second-order valence-corrected chi connectivity index (χ2v) is 5.57. The van der Waals surface area contributed by atoms with Gasteiger partial charge in [0.05, 0.1) is 0 Å². The predicted octanol–water partition coefficient (Wildman–Crippen LogP) is 4.67. The van der Waals surface area contributed by atoms with Crippen LogP contribution in [0.25, 0.3) is 5.57 Å². The maximum absolute atomic E-state index is 5.73. The van der Waals surface area contributed by atoms with Gasteiger partial charge in [0.25, 0.3) is 0 Å². The summed E-state index contributed by atoms with van der Waals surface area (Å²) in [6, 6.07) is 16.3. The smallest absolute Gasteiger partial charge is 0.230 e. The molecule has 0 spiro atoms. The third kappa shape index (κ3) is 2.68. The number of alkyl halides is 1. The fourth-order valence-corrected chi connectivity index (χ4v) is 2.66. The Morgan fingerprint density at radius 3 is 2.00 bits per heavy atom. The summed E-state index contributed by atoms with van der Waals surface area (Å²) in [6.07, 6.45) is 3.29. The minimum Gasteiger partial charge on any atom is -0.457 e. The number of para-hydroxylation sites is 2. The highest BCUT2D eigenvalue weighted by molar-refractivity contribution is 14.1. The summed E-state index contributed by atoms with van der Waals surface area (Å²) in [7, 11) is 0. The van der Waals surface area contributed by atoms with Crippen LogP contribution in [0, 0.1) is 0 Å². The quantitative estimate of drug-likeness (QED) is 0.559. The lowest BCUT2D eigenvalue weighted by atomic mass is 9.95. The lowest BCUT2D eigenvalue weighted by Gasteiger charge is -2.21. The molecule has 0 aromatic heterocycles. The first-order chi connectivity index (χ1) is 9.90. The van der Waals surface area contributed by atoms with E-state index in [4.69, 9.17) is 9.47 Å². The van der Waals surface area contributed by atoms with Crippen molar-refractivity contribution in [1.82, 2.24) is 0 Å². The lowest BCUT2D eigenvalue weighted by Crippen LogP contribution is -2.11. The van der Waals surface area contributed by atoms with Crippen LogP contribution in [0.4, 0.5) is 0 Å². The Labute approximate surface area is 132 Å². The summed E-state index contributed by atoms with van der Waals surface area (Å²) in [5.74, 6) is 1.75. The van der Waals surface area contributed by atoms with Crippen LogP contribution in [0.3, 0.4) is 0 Å². The molecule has 0 radical (unpaired) electrons. The van der Waals surface area contributed by atoms with Crippen molar-refractivity contribution in [2.45, 2.75) is 6.42 Å². The Hall–Kier alpha value is -1.49. The van der Waals surface area contributed by atoms with Gasteiger partial charge in [-0.15, -0.1) is 0 Å². The van der Waals surface area contributed by atoms with Crippen LogP contribution in [0.15, 0.2) is 54.6 Å². The van der Waals surface area contributed by atoms with Crippen LogP contribution >= 0.6 is 22.6 Å². The third-order valence-electron chi connectivity index (χ3n) is 3.24. The van der Waals surface area contributed by atoms with Crippen molar-refractivity contribution in [3.63, 3.8) is 0 Å². The van der Waals surface area contributed by atoms with E-state index in [1.165, 1.54) is 5.57 Å². The molecule has 0 aliphatic carbocycles. The van der Waals surface area contributed by atoms with Gasteiger partial charge in [0.2, 0.25) is 6.79 Å². The van der Waals surface area contributed by atoms with Gasteiger partial charge in [0.15, 0.2) is 0 Å². The average Bonchev–Trinajstić information content (AvgIpc) is 2.48. The van der Waals surface area contributed by atoms with Crippen LogP contribution in [-0.2, 0) is 0 Å². The highest BCUT2D eigenvalue weighted by Crippen LogP contribution is 2.37. The first kappa shape index (κ1) is 13.5. The largest absolute Gasteiger partial charge is 0.457 e. The topological polar surface area (TPSA) is 18.5 Å². The zero-order valence-corrected chi connectivity index (χ0v) is 13.2. The van der Waals surface area contributed by atoms with Gasteiger partial charge < -0.3 is 9.47 Å². The van der Waals surface area contributed by atoms with Gasteiger partial charge in [-0.3, -0.25) is 0 Å². The second kappa shape index (κ2) is 6.31. The molecule has 3 heteroatoms. The molecule has 102 valence electrons. The molecule has 3 rings (SSSR count). The zero-order valence-electron chi connectivity index (χ0n) is 11.0. The summed E-state index contributed by atoms with van der Waals surface area (Å²) < 4.78 is 12.6. The van der Waals surface area contributed by atoms with E-state index in [0.29, 0.717) is 0 Å².